The van der Waals surface area contributed by atoms with E-state index >= 15 is 0 Å². The fraction of sp³-hybridized carbons (Fsp3) is 0.632. The van der Waals surface area contributed by atoms with E-state index in [1.807, 2.05) is 5.32 Å². The Balaban J connectivity index is 3.19. The molecule has 4 atom stereocenters. The fourth-order valence-electron chi connectivity index (χ4n) is 6.36. The summed E-state index contributed by atoms with van der Waals surface area (Å²) < 4.78 is 204. The van der Waals surface area contributed by atoms with Gasteiger partial charge in [-0.1, -0.05) is 18.9 Å². The molecule has 30 nitrogen and oxygen atoms in total. The normalized spacial score (nSPS) is 15.7. The molecule has 0 bridgehead atoms. The van der Waals surface area contributed by atoms with Crippen LogP contribution in [0.1, 0.15) is 83.1 Å². The van der Waals surface area contributed by atoms with Crippen LogP contribution in [0.4, 0.5) is 5.69 Å². The first-order chi connectivity index (χ1) is 34.3. The molecule has 75 heavy (non-hydrogen) atoms. The van der Waals surface area contributed by atoms with Crippen LogP contribution < -0.4 is 15.5 Å². The van der Waals surface area contributed by atoms with Crippen molar-refractivity contribution < 1.29 is 116 Å². The Bertz CT molecular complexity index is 2860. The third kappa shape index (κ3) is 33.3. The van der Waals surface area contributed by atoms with Crippen molar-refractivity contribution in [3.05, 3.63) is 47.7 Å². The first kappa shape index (κ1) is 69.4. The summed E-state index contributed by atoms with van der Waals surface area (Å²) in [5, 5.41) is 3.97. The van der Waals surface area contributed by atoms with Gasteiger partial charge in [0.15, 0.2) is 0 Å². The van der Waals surface area contributed by atoms with E-state index in [9.17, 15) is 88.7 Å². The average Bonchev–Trinajstić information content (AvgIpc) is 3.24. The molecule has 0 aliphatic heterocycles. The number of hydrogen-bond donors (Lipinski definition) is 9. The predicted molar refractivity (Wildman–Crippen MR) is 269 cm³/mol. The summed E-state index contributed by atoms with van der Waals surface area (Å²) in [7, 11) is -32.4. The number of phosphoric ester groups is 2. The third-order valence-corrected chi connectivity index (χ3v) is 16.3. The molecular weight excluding hydrogens is 1150 g/mol. The minimum atomic E-state index is -5.05. The van der Waals surface area contributed by atoms with Crippen molar-refractivity contribution in [3.8, 4) is 0 Å². The van der Waals surface area contributed by atoms with Crippen LogP contribution in [0.15, 0.2) is 52.0 Å². The van der Waals surface area contributed by atoms with Crippen LogP contribution in [-0.4, -0.2) is 167 Å². The molecule has 0 saturated heterocycles. The SMILES string of the molecule is COP(=O)(O)OP(=O)(O)OCCCCCCOC(=O)C(CS(=O)(=O)O)NC(=O)C(CS(=O)(=O)O)NC(=O)CCCCC\C(=C/C=C/C(C)=N\CCCS(=O)(=O)O)N(CCCS(=O)(=O)O)c1ccc(S(=O)(=O)O)cc1C. The van der Waals surface area contributed by atoms with Crippen molar-refractivity contribution >= 4 is 95.4 Å². The highest BCUT2D eigenvalue weighted by molar-refractivity contribution is 7.86. The topological polar surface area (TPSA) is 474 Å². The lowest BCUT2D eigenvalue weighted by Crippen LogP contribution is -2.55. The molecule has 0 aliphatic rings. The highest BCUT2D eigenvalue weighted by Gasteiger charge is 2.35. The molecule has 4 unspecified atom stereocenters. The van der Waals surface area contributed by atoms with Gasteiger partial charge in [-0.3, -0.25) is 46.4 Å². The second-order valence-corrected chi connectivity index (χ2v) is 27.0. The van der Waals surface area contributed by atoms with Crippen LogP contribution in [0.5, 0.6) is 0 Å². The summed E-state index contributed by atoms with van der Waals surface area (Å²) in [6.07, 6.45) is 5.60. The van der Waals surface area contributed by atoms with Crippen LogP contribution in [0, 0.1) is 6.92 Å². The number of phosphoric acid groups is 2. The number of hydrogen-bond acceptors (Lipinski definition) is 21. The first-order valence-corrected chi connectivity index (χ1v) is 33.1. The Labute approximate surface area is 435 Å². The van der Waals surface area contributed by atoms with E-state index < -0.39 is 137 Å². The third-order valence-electron chi connectivity index (χ3n) is 9.75. The number of aliphatic imine (C=N–C) groups is 1. The molecule has 0 heterocycles. The van der Waals surface area contributed by atoms with Gasteiger partial charge in [0.25, 0.3) is 50.6 Å². The van der Waals surface area contributed by atoms with Crippen LogP contribution in [-0.2, 0) is 92.2 Å². The second-order valence-electron chi connectivity index (χ2n) is 16.2. The molecule has 0 fully saturated rings. The van der Waals surface area contributed by atoms with Crippen molar-refractivity contribution in [2.45, 2.75) is 101 Å². The maximum atomic E-state index is 13.3. The van der Waals surface area contributed by atoms with Gasteiger partial charge in [-0.25, -0.2) is 13.9 Å². The van der Waals surface area contributed by atoms with Crippen molar-refractivity contribution in [1.29, 1.82) is 0 Å². The van der Waals surface area contributed by atoms with E-state index in [4.69, 9.17) is 14.2 Å². The number of allylic oxidation sites excluding steroid dienone is 4. The number of anilines is 1. The fourth-order valence-corrected chi connectivity index (χ4v) is 11.1. The number of carbonyl (C=O) groups is 3. The maximum Gasteiger partial charge on any atom is 0.481 e. The number of nitrogens with zero attached hydrogens (tertiary/aromatic N) is 2. The van der Waals surface area contributed by atoms with Gasteiger partial charge in [0.1, 0.15) is 23.6 Å². The second kappa shape index (κ2) is 31.7. The molecule has 1 rings (SSSR count). The molecule has 9 N–H and O–H groups in total. The summed E-state index contributed by atoms with van der Waals surface area (Å²) in [6.45, 7) is 2.27. The van der Waals surface area contributed by atoms with Crippen molar-refractivity contribution in [2.24, 2.45) is 4.99 Å². The van der Waals surface area contributed by atoms with Crippen molar-refractivity contribution in [1.82, 2.24) is 10.6 Å². The molecule has 1 aromatic carbocycles. The number of rotatable bonds is 38. The Kier molecular flexibility index (Phi) is 29.3. The number of aryl methyl sites for hydroxylation is 1. The number of ether oxygens (including phenoxy) is 1. The number of carbonyl (C=O) groups excluding carboxylic acids is 3. The maximum absolute atomic E-state index is 13.3. The van der Waals surface area contributed by atoms with E-state index in [1.54, 1.807) is 30.1 Å². The van der Waals surface area contributed by atoms with Crippen molar-refractivity contribution in [3.63, 3.8) is 0 Å². The molecule has 1 aromatic rings. The minimum absolute atomic E-state index is 0.0209. The molecule has 432 valence electrons. The number of benzene rings is 1. The summed E-state index contributed by atoms with van der Waals surface area (Å²) >= 11 is 0. The highest BCUT2D eigenvalue weighted by atomic mass is 32.2. The van der Waals surface area contributed by atoms with Gasteiger partial charge in [0.05, 0.1) is 29.6 Å². The Morgan fingerprint density at radius 3 is 1.84 bits per heavy atom. The van der Waals surface area contributed by atoms with E-state index in [2.05, 4.69) is 23.7 Å². The minimum Gasteiger partial charge on any atom is -0.464 e. The lowest BCUT2D eigenvalue weighted by Gasteiger charge is -2.29. The quantitative estimate of drug-likeness (QED) is 0.0114. The molecular formula is C38H64N4O26P2S5. The van der Waals surface area contributed by atoms with Gasteiger partial charge >= 0.3 is 21.6 Å². The zero-order valence-electron chi connectivity index (χ0n) is 40.8. The van der Waals surface area contributed by atoms with Crippen LogP contribution >= 0.6 is 15.6 Å². The first-order valence-electron chi connectivity index (χ1n) is 22.2. The number of nitrogens with one attached hydrogen (secondary N) is 2. The van der Waals surface area contributed by atoms with Gasteiger partial charge in [-0.2, -0.15) is 46.4 Å². The molecule has 0 aliphatic carbocycles. The van der Waals surface area contributed by atoms with Crippen molar-refractivity contribution in [2.75, 3.05) is 61.3 Å². The number of esters is 1. The largest absolute Gasteiger partial charge is 0.481 e. The predicted octanol–water partition coefficient (Wildman–Crippen LogP) is 2.18. The molecule has 37 heteroatoms. The summed E-state index contributed by atoms with van der Waals surface area (Å²) in [4.78, 5) is 63.2. The molecule has 2 amide bonds. The standard InChI is InChI=1S/C38H64N4O26P2S5/c1-29-26-32(75(62,63)64)18-19-35(29)42(21-13-25-72(53,54)55)31(16-11-14-30(2)39-20-12-24-71(50,51)52)15-7-6-8-17-36(43)40-33(27-73(56,57)58)37(44)41-34(28-74(59,60)61)38(45)66-22-9-4-5-10-23-67-70(48,49)68-69(46,47)65-3/h11,14,16,18-19,26,33-34H,4-10,12-13,15,17,20-25,27-28H2,1-3H3,(H,40,43)(H,41,44)(H,46,47)(H,48,49)(H,50,51,52)(H,53,54,55)(H,56,57,58)(H,59,60,61)(H,62,63,64)/b14-11+,31-16+,39-30-. The van der Waals surface area contributed by atoms with Crippen LogP contribution in [0.25, 0.3) is 0 Å². The smallest absolute Gasteiger partial charge is 0.464 e. The Morgan fingerprint density at radius 2 is 1.28 bits per heavy atom. The van der Waals surface area contributed by atoms with Crippen LogP contribution in [0.2, 0.25) is 0 Å². The number of unbranched alkanes of at least 4 members (excludes halogenated alkanes) is 5. The molecule has 0 aromatic heterocycles. The zero-order chi connectivity index (χ0) is 57.5. The average molecular weight is 1220 g/mol. The van der Waals surface area contributed by atoms with Gasteiger partial charge in [-0.15, -0.1) is 0 Å². The highest BCUT2D eigenvalue weighted by Crippen LogP contribution is 2.60. The van der Waals surface area contributed by atoms with E-state index in [1.165, 1.54) is 19.1 Å². The monoisotopic (exact) mass is 1210 g/mol. The summed E-state index contributed by atoms with van der Waals surface area (Å²) in [5.74, 6) is -7.99. The number of amides is 2. The lowest BCUT2D eigenvalue weighted by molar-refractivity contribution is -0.147. The van der Waals surface area contributed by atoms with Crippen LogP contribution in [0.3, 0.4) is 0 Å². The van der Waals surface area contributed by atoms with E-state index in [0.29, 0.717) is 22.7 Å². The molecule has 0 radical (unpaired) electrons. The Hall–Kier alpha value is -3.61. The van der Waals surface area contributed by atoms with E-state index in [-0.39, 0.29) is 83.7 Å². The van der Waals surface area contributed by atoms with E-state index in [0.717, 1.165) is 13.2 Å². The summed E-state index contributed by atoms with van der Waals surface area (Å²) in [5.41, 5.74) is 1.57. The summed E-state index contributed by atoms with van der Waals surface area (Å²) in [6, 6.07) is -0.662. The molecule has 0 spiro atoms. The zero-order valence-corrected chi connectivity index (χ0v) is 46.6. The van der Waals surface area contributed by atoms with Gasteiger partial charge in [0.2, 0.25) is 11.8 Å². The Morgan fingerprint density at radius 1 is 0.720 bits per heavy atom. The lowest BCUT2D eigenvalue weighted by atomic mass is 10.1. The van der Waals surface area contributed by atoms with Gasteiger partial charge in [-0.05, 0) is 101 Å². The molecule has 0 saturated carbocycles. The van der Waals surface area contributed by atoms with Gasteiger partial charge in [0, 0.05) is 43.7 Å². The van der Waals surface area contributed by atoms with Gasteiger partial charge < -0.3 is 30.1 Å².